The highest BCUT2D eigenvalue weighted by Crippen LogP contribution is 2.15. The number of esters is 2. The number of nitrogens with two attached hydrogens (primary N) is 1. The van der Waals surface area contributed by atoms with Crippen LogP contribution >= 0.6 is 11.8 Å². The van der Waals surface area contributed by atoms with E-state index in [1.165, 1.54) is 0 Å². The van der Waals surface area contributed by atoms with Gasteiger partial charge in [-0.25, -0.2) is 4.79 Å². The molecular weight excluding hydrogens is 298 g/mol. The van der Waals surface area contributed by atoms with E-state index in [0.29, 0.717) is 0 Å². The summed E-state index contributed by atoms with van der Waals surface area (Å²) < 4.78 is 14.4. The maximum absolute atomic E-state index is 11.4. The van der Waals surface area contributed by atoms with E-state index in [2.05, 4.69) is 0 Å². The Balaban J connectivity index is 3.91. The van der Waals surface area contributed by atoms with Gasteiger partial charge in [0.15, 0.2) is 0 Å². The number of carbonyl (C=O) groups excluding carboxylic acids is 3. The van der Waals surface area contributed by atoms with E-state index in [0.717, 1.165) is 11.8 Å². The molecule has 0 unspecified atom stereocenters. The zero-order valence-electron chi connectivity index (χ0n) is 13.0. The van der Waals surface area contributed by atoms with Crippen molar-refractivity contribution in [2.45, 2.75) is 46.8 Å². The van der Waals surface area contributed by atoms with Crippen LogP contribution in [-0.4, -0.2) is 41.9 Å². The van der Waals surface area contributed by atoms with Crippen molar-refractivity contribution >= 4 is 29.0 Å². The molecule has 0 aliphatic heterocycles. The molecule has 8 heteroatoms. The highest BCUT2D eigenvalue weighted by molar-refractivity contribution is 8.13. The Morgan fingerprint density at radius 3 is 2.19 bits per heavy atom. The van der Waals surface area contributed by atoms with Gasteiger partial charge in [0, 0.05) is 5.75 Å². The summed E-state index contributed by atoms with van der Waals surface area (Å²) in [6.07, 6.45) is -0.266. The highest BCUT2D eigenvalue weighted by Gasteiger charge is 2.23. The molecule has 0 saturated heterocycles. The topological polar surface area (TPSA) is 105 Å². The zero-order chi connectivity index (χ0) is 16.6. The fourth-order valence-corrected chi connectivity index (χ4v) is 1.52. The summed E-state index contributed by atoms with van der Waals surface area (Å²) in [6.45, 7) is 8.00. The van der Waals surface area contributed by atoms with Gasteiger partial charge in [-0.2, -0.15) is 0 Å². The van der Waals surface area contributed by atoms with E-state index in [9.17, 15) is 14.4 Å². The quantitative estimate of drug-likeness (QED) is 0.582. The Morgan fingerprint density at radius 1 is 1.14 bits per heavy atom. The van der Waals surface area contributed by atoms with Crippen molar-refractivity contribution < 1.29 is 28.6 Å². The second-order valence-electron chi connectivity index (χ2n) is 5.60. The standard InChI is InChI=1S/C13H23NO6S/c1-8(2)20-10(15)9(14)6-21-12(17)19-7-18-11(16)13(3,4)5/h8-9H,6-7,14H2,1-5H3/t9-/m0/s1. The lowest BCUT2D eigenvalue weighted by molar-refractivity contribution is -0.160. The minimum Gasteiger partial charge on any atom is -0.462 e. The van der Waals surface area contributed by atoms with Crippen molar-refractivity contribution in [1.82, 2.24) is 0 Å². The molecular formula is C13H23NO6S. The van der Waals surface area contributed by atoms with E-state index in [4.69, 9.17) is 19.9 Å². The average Bonchev–Trinajstić information content (AvgIpc) is 2.33. The summed E-state index contributed by atoms with van der Waals surface area (Å²) in [4.78, 5) is 34.2. The lowest BCUT2D eigenvalue weighted by atomic mass is 9.98. The minimum absolute atomic E-state index is 0.0254. The molecule has 1 atom stereocenters. The first-order valence-electron chi connectivity index (χ1n) is 6.47. The van der Waals surface area contributed by atoms with Crippen molar-refractivity contribution in [1.29, 1.82) is 0 Å². The van der Waals surface area contributed by atoms with Gasteiger partial charge in [-0.3, -0.25) is 9.59 Å². The van der Waals surface area contributed by atoms with Crippen molar-refractivity contribution in [3.8, 4) is 0 Å². The lowest BCUT2D eigenvalue weighted by Gasteiger charge is -2.16. The molecule has 0 radical (unpaired) electrons. The van der Waals surface area contributed by atoms with Crippen LogP contribution in [0.5, 0.6) is 0 Å². The van der Waals surface area contributed by atoms with Gasteiger partial charge in [-0.1, -0.05) is 0 Å². The van der Waals surface area contributed by atoms with Crippen molar-refractivity contribution in [2.24, 2.45) is 11.1 Å². The summed E-state index contributed by atoms with van der Waals surface area (Å²) in [7, 11) is 0. The molecule has 0 aromatic heterocycles. The average molecular weight is 321 g/mol. The first-order valence-corrected chi connectivity index (χ1v) is 7.45. The highest BCUT2D eigenvalue weighted by atomic mass is 32.2. The fraction of sp³-hybridized carbons (Fsp3) is 0.769. The van der Waals surface area contributed by atoms with Gasteiger partial charge in [-0.15, -0.1) is 0 Å². The molecule has 0 aromatic rings. The molecule has 0 rings (SSSR count). The van der Waals surface area contributed by atoms with Crippen LogP contribution in [0.4, 0.5) is 4.79 Å². The van der Waals surface area contributed by atoms with Crippen LogP contribution in [0.15, 0.2) is 0 Å². The van der Waals surface area contributed by atoms with E-state index < -0.39 is 35.5 Å². The molecule has 0 saturated carbocycles. The van der Waals surface area contributed by atoms with Crippen LogP contribution in [0.2, 0.25) is 0 Å². The van der Waals surface area contributed by atoms with Crippen molar-refractivity contribution in [3.05, 3.63) is 0 Å². The SMILES string of the molecule is CC(C)OC(=O)[C@@H](N)CSC(=O)OCOC(=O)C(C)(C)C. The first kappa shape index (κ1) is 19.7. The molecule has 0 aliphatic carbocycles. The van der Waals surface area contributed by atoms with E-state index in [1.54, 1.807) is 34.6 Å². The van der Waals surface area contributed by atoms with E-state index in [-0.39, 0.29) is 11.9 Å². The molecule has 0 aliphatic rings. The van der Waals surface area contributed by atoms with Crippen LogP contribution in [0.25, 0.3) is 0 Å². The van der Waals surface area contributed by atoms with Crippen LogP contribution in [-0.2, 0) is 23.8 Å². The second kappa shape index (κ2) is 8.89. The van der Waals surface area contributed by atoms with Gasteiger partial charge < -0.3 is 19.9 Å². The number of rotatable bonds is 6. The summed E-state index contributed by atoms with van der Waals surface area (Å²) in [5.41, 5.74) is 4.90. The van der Waals surface area contributed by atoms with Crippen molar-refractivity contribution in [2.75, 3.05) is 12.5 Å². The third-order valence-electron chi connectivity index (χ3n) is 2.01. The smallest absolute Gasteiger partial charge is 0.370 e. The van der Waals surface area contributed by atoms with Crippen molar-refractivity contribution in [3.63, 3.8) is 0 Å². The van der Waals surface area contributed by atoms with Crippen LogP contribution in [0.3, 0.4) is 0 Å². The Kier molecular flexibility index (Phi) is 8.34. The van der Waals surface area contributed by atoms with Gasteiger partial charge >= 0.3 is 17.2 Å². The maximum atomic E-state index is 11.4. The molecule has 7 nitrogen and oxygen atoms in total. The van der Waals surface area contributed by atoms with Gasteiger partial charge in [0.1, 0.15) is 6.04 Å². The first-order chi connectivity index (χ1) is 9.54. The Bertz CT molecular complexity index is 377. The fourth-order valence-electron chi connectivity index (χ4n) is 0.935. The zero-order valence-corrected chi connectivity index (χ0v) is 13.8. The van der Waals surface area contributed by atoms with Crippen LogP contribution in [0.1, 0.15) is 34.6 Å². The summed E-state index contributed by atoms with van der Waals surface area (Å²) >= 11 is 0.721. The number of ether oxygens (including phenoxy) is 3. The number of thioether (sulfide) groups is 1. The molecule has 0 bridgehead atoms. The van der Waals surface area contributed by atoms with Crippen LogP contribution in [0, 0.1) is 5.41 Å². The second-order valence-corrected chi connectivity index (χ2v) is 6.55. The van der Waals surface area contributed by atoms with Gasteiger partial charge in [0.2, 0.25) is 6.79 Å². The summed E-state index contributed by atoms with van der Waals surface area (Å²) in [5, 5.41) is -0.676. The molecule has 0 spiro atoms. The predicted molar refractivity (Wildman–Crippen MR) is 78.6 cm³/mol. The normalized spacial score (nSPS) is 12.7. The molecule has 0 heterocycles. The third kappa shape index (κ3) is 9.30. The third-order valence-corrected chi connectivity index (χ3v) is 2.89. The lowest BCUT2D eigenvalue weighted by Crippen LogP contribution is -2.36. The molecule has 0 amide bonds. The Labute approximate surface area is 128 Å². The molecule has 122 valence electrons. The Hall–Kier alpha value is -1.28. The summed E-state index contributed by atoms with van der Waals surface area (Å²) in [5.74, 6) is -1.03. The largest absolute Gasteiger partial charge is 0.462 e. The van der Waals surface area contributed by atoms with Gasteiger partial charge in [0.25, 0.3) is 0 Å². The van der Waals surface area contributed by atoms with Crippen LogP contribution < -0.4 is 5.73 Å². The minimum atomic E-state index is -0.915. The molecule has 0 fully saturated rings. The monoisotopic (exact) mass is 321 g/mol. The number of hydrogen-bond donors (Lipinski definition) is 1. The predicted octanol–water partition coefficient (Wildman–Crippen LogP) is 1.68. The Morgan fingerprint density at radius 2 is 1.71 bits per heavy atom. The van der Waals surface area contributed by atoms with E-state index in [1.807, 2.05) is 0 Å². The number of hydrogen-bond acceptors (Lipinski definition) is 8. The summed E-state index contributed by atoms with van der Waals surface area (Å²) in [6, 6.07) is -0.915. The van der Waals surface area contributed by atoms with Gasteiger partial charge in [-0.05, 0) is 46.4 Å². The molecule has 0 aromatic carbocycles. The number of carbonyl (C=O) groups is 3. The van der Waals surface area contributed by atoms with E-state index >= 15 is 0 Å². The maximum Gasteiger partial charge on any atom is 0.370 e. The molecule has 21 heavy (non-hydrogen) atoms. The molecule has 2 N–H and O–H groups in total. The van der Waals surface area contributed by atoms with Gasteiger partial charge in [0.05, 0.1) is 11.5 Å².